The van der Waals surface area contributed by atoms with E-state index >= 15 is 0 Å². The van der Waals surface area contributed by atoms with Gasteiger partial charge in [0.1, 0.15) is 17.0 Å². The van der Waals surface area contributed by atoms with Gasteiger partial charge in [0.25, 0.3) is 0 Å². The summed E-state index contributed by atoms with van der Waals surface area (Å²) in [5.74, 6) is -2.23. The maximum atomic E-state index is 14.5. The third-order valence-corrected chi connectivity index (χ3v) is 5.97. The zero-order chi connectivity index (χ0) is 25.0. The second-order valence-corrected chi connectivity index (χ2v) is 10.9. The van der Waals surface area contributed by atoms with Crippen molar-refractivity contribution in [1.29, 1.82) is 0 Å². The lowest BCUT2D eigenvalue weighted by Crippen LogP contribution is -2.53. The van der Waals surface area contributed by atoms with Crippen LogP contribution in [-0.2, 0) is 11.0 Å². The van der Waals surface area contributed by atoms with Crippen molar-refractivity contribution in [3.8, 4) is 22.5 Å². The van der Waals surface area contributed by atoms with Crippen LogP contribution in [0.2, 0.25) is 0 Å². The quantitative estimate of drug-likeness (QED) is 0.279. The number of aryl methyl sites for hydroxylation is 1. The fraction of sp³-hybridized carbons (Fsp3) is 0.310. The van der Waals surface area contributed by atoms with E-state index in [1.807, 2.05) is 31.4 Å². The third kappa shape index (κ3) is 4.31. The highest BCUT2D eigenvalue weighted by Crippen LogP contribution is 2.38. The van der Waals surface area contributed by atoms with Crippen LogP contribution in [-0.4, -0.2) is 4.98 Å². The van der Waals surface area contributed by atoms with Crippen LogP contribution in [0.1, 0.15) is 52.7 Å². The van der Waals surface area contributed by atoms with Gasteiger partial charge >= 0.3 is 0 Å². The number of halogens is 3. The van der Waals surface area contributed by atoms with Gasteiger partial charge in [-0.3, -0.25) is 0 Å². The van der Waals surface area contributed by atoms with Crippen LogP contribution in [0.15, 0.2) is 54.6 Å². The Morgan fingerprint density at radius 2 is 1.38 bits per heavy atom. The highest BCUT2D eigenvalue weighted by Gasteiger charge is 2.36. The second-order valence-electron chi connectivity index (χ2n) is 10.9. The normalized spacial score (nSPS) is 12.4. The highest BCUT2D eigenvalue weighted by molar-refractivity contribution is 5.84. The predicted molar refractivity (Wildman–Crippen MR) is 131 cm³/mol. The van der Waals surface area contributed by atoms with E-state index in [1.165, 1.54) is 18.2 Å². The molecule has 176 valence electrons. The second kappa shape index (κ2) is 8.23. The molecule has 0 aliphatic rings. The van der Waals surface area contributed by atoms with Crippen LogP contribution in [0.5, 0.6) is 0 Å². The van der Waals surface area contributed by atoms with Crippen LogP contribution < -0.4 is 4.57 Å². The van der Waals surface area contributed by atoms with E-state index in [2.05, 4.69) is 39.8 Å². The Kier molecular flexibility index (Phi) is 5.79. The summed E-state index contributed by atoms with van der Waals surface area (Å²) in [5, 5.41) is 0. The molecule has 4 rings (SSSR count). The van der Waals surface area contributed by atoms with E-state index in [-0.39, 0.29) is 11.2 Å². The van der Waals surface area contributed by atoms with Gasteiger partial charge in [-0.05, 0) is 48.2 Å². The summed E-state index contributed by atoms with van der Waals surface area (Å²) >= 11 is 0. The minimum atomic E-state index is -0.955. The number of nitrogens with zero attached hydrogens (tertiary/aromatic N) is 2. The van der Waals surface area contributed by atoms with Gasteiger partial charge in [-0.25, -0.2) is 18.2 Å². The Bertz CT molecular complexity index is 1390. The van der Waals surface area contributed by atoms with E-state index in [1.54, 1.807) is 12.1 Å². The Labute approximate surface area is 199 Å². The molecular formula is C29H30F3N2+. The number of aromatic nitrogens is 2. The molecule has 1 aromatic heterocycles. The summed E-state index contributed by atoms with van der Waals surface area (Å²) in [5.41, 5.74) is 5.38. The van der Waals surface area contributed by atoms with Crippen molar-refractivity contribution in [1.82, 2.24) is 4.98 Å². The summed E-state index contributed by atoms with van der Waals surface area (Å²) in [7, 11) is 0. The molecule has 0 radical (unpaired) electrons. The van der Waals surface area contributed by atoms with Gasteiger partial charge < -0.3 is 0 Å². The SMILES string of the molecule is Cc1ccc(-c2c(-c3ccc(F)cc3)nc3cc(F)c(F)cc3[n+]2C(C)(C)C)c(C(C)(C)C)c1. The Morgan fingerprint density at radius 3 is 1.97 bits per heavy atom. The molecule has 34 heavy (non-hydrogen) atoms. The van der Waals surface area contributed by atoms with Crippen LogP contribution >= 0.6 is 0 Å². The van der Waals surface area contributed by atoms with Crippen molar-refractivity contribution >= 4 is 11.0 Å². The highest BCUT2D eigenvalue weighted by atomic mass is 19.2. The maximum Gasteiger partial charge on any atom is 0.240 e. The molecule has 0 fully saturated rings. The molecule has 5 heteroatoms. The largest absolute Gasteiger partial charge is 0.240 e. The van der Waals surface area contributed by atoms with Crippen molar-refractivity contribution in [3.63, 3.8) is 0 Å². The van der Waals surface area contributed by atoms with Gasteiger partial charge in [-0.15, -0.1) is 0 Å². The summed E-state index contributed by atoms with van der Waals surface area (Å²) in [4.78, 5) is 4.82. The van der Waals surface area contributed by atoms with Crippen molar-refractivity contribution in [2.75, 3.05) is 0 Å². The lowest BCUT2D eigenvalue weighted by molar-refractivity contribution is -0.720. The molecule has 0 bridgehead atoms. The van der Waals surface area contributed by atoms with E-state index in [0.29, 0.717) is 22.3 Å². The maximum absolute atomic E-state index is 14.5. The smallest absolute Gasteiger partial charge is 0.234 e. The minimum Gasteiger partial charge on any atom is -0.234 e. The molecule has 0 aliphatic heterocycles. The number of hydrogen-bond donors (Lipinski definition) is 0. The Hall–Kier alpha value is -3.21. The number of hydrogen-bond acceptors (Lipinski definition) is 1. The standard InChI is InChI=1S/C29H30F3N2/c1-17-8-13-20(21(14-17)28(2,3)4)27-26(18-9-11-19(30)12-10-18)33-24-15-22(31)23(32)16-25(24)34(27)29(5,6)7/h8-16H,1-7H3/q+1. The number of rotatable bonds is 2. The molecule has 0 N–H and O–H groups in total. The molecule has 0 atom stereocenters. The molecular weight excluding hydrogens is 433 g/mol. The van der Waals surface area contributed by atoms with Gasteiger partial charge in [0.15, 0.2) is 17.2 Å². The topological polar surface area (TPSA) is 16.8 Å². The third-order valence-electron chi connectivity index (χ3n) is 5.97. The Balaban J connectivity index is 2.27. The number of benzene rings is 3. The number of fused-ring (bicyclic) bond motifs is 1. The molecule has 0 amide bonds. The Morgan fingerprint density at radius 1 is 0.765 bits per heavy atom. The van der Waals surface area contributed by atoms with E-state index in [9.17, 15) is 13.2 Å². The van der Waals surface area contributed by atoms with Crippen molar-refractivity contribution in [2.45, 2.75) is 59.4 Å². The van der Waals surface area contributed by atoms with Gasteiger partial charge in [0.05, 0.1) is 11.6 Å². The van der Waals surface area contributed by atoms with E-state index in [4.69, 9.17) is 4.98 Å². The van der Waals surface area contributed by atoms with Crippen LogP contribution in [0.3, 0.4) is 0 Å². The first-order valence-electron chi connectivity index (χ1n) is 11.4. The van der Waals surface area contributed by atoms with Gasteiger partial charge in [0.2, 0.25) is 11.2 Å². The molecule has 3 aromatic carbocycles. The lowest BCUT2D eigenvalue weighted by atomic mass is 9.81. The summed E-state index contributed by atoms with van der Waals surface area (Å²) in [6.07, 6.45) is 0. The van der Waals surface area contributed by atoms with E-state index in [0.717, 1.165) is 28.5 Å². The zero-order valence-corrected chi connectivity index (χ0v) is 20.7. The molecule has 4 aromatic rings. The average molecular weight is 464 g/mol. The average Bonchev–Trinajstić information content (AvgIpc) is 2.73. The first kappa shape index (κ1) is 23.9. The van der Waals surface area contributed by atoms with Crippen molar-refractivity contribution in [2.24, 2.45) is 0 Å². The molecule has 2 nitrogen and oxygen atoms in total. The van der Waals surface area contributed by atoms with E-state index < -0.39 is 17.2 Å². The van der Waals surface area contributed by atoms with Crippen molar-refractivity contribution in [3.05, 3.63) is 83.2 Å². The summed E-state index contributed by atoms with van der Waals surface area (Å²) in [6, 6.07) is 14.7. The minimum absolute atomic E-state index is 0.194. The molecule has 1 heterocycles. The van der Waals surface area contributed by atoms with Crippen LogP contribution in [0, 0.1) is 24.4 Å². The van der Waals surface area contributed by atoms with Crippen molar-refractivity contribution < 1.29 is 17.7 Å². The van der Waals surface area contributed by atoms with Gasteiger partial charge in [-0.2, -0.15) is 4.57 Å². The lowest BCUT2D eigenvalue weighted by Gasteiger charge is -2.26. The molecule has 0 unspecified atom stereocenters. The first-order valence-corrected chi connectivity index (χ1v) is 11.4. The summed E-state index contributed by atoms with van der Waals surface area (Å²) < 4.78 is 44.6. The fourth-order valence-corrected chi connectivity index (χ4v) is 4.43. The van der Waals surface area contributed by atoms with Crippen LogP contribution in [0.25, 0.3) is 33.5 Å². The molecule has 0 aliphatic carbocycles. The molecule has 0 saturated carbocycles. The zero-order valence-electron chi connectivity index (χ0n) is 20.7. The van der Waals surface area contributed by atoms with Gasteiger partial charge in [-0.1, -0.05) is 38.5 Å². The fourth-order valence-electron chi connectivity index (χ4n) is 4.43. The first-order chi connectivity index (χ1) is 15.8. The predicted octanol–water partition coefficient (Wildman–Crippen LogP) is 7.63. The van der Waals surface area contributed by atoms with Gasteiger partial charge in [0, 0.05) is 32.4 Å². The molecule has 0 spiro atoms. The summed E-state index contributed by atoms with van der Waals surface area (Å²) in [6.45, 7) is 14.6. The van der Waals surface area contributed by atoms with Crippen LogP contribution in [0.4, 0.5) is 13.2 Å². The monoisotopic (exact) mass is 463 g/mol. The molecule has 0 saturated heterocycles.